The summed E-state index contributed by atoms with van der Waals surface area (Å²) in [6, 6.07) is 11.3. The Bertz CT molecular complexity index is 925. The largest absolute Gasteiger partial charge is 0.497 e. The number of methoxy groups -OCH3 is 2. The molecule has 1 heterocycles. The molecule has 2 aromatic carbocycles. The van der Waals surface area contributed by atoms with Crippen molar-refractivity contribution in [3.63, 3.8) is 0 Å². The van der Waals surface area contributed by atoms with Crippen molar-refractivity contribution in [3.8, 4) is 22.8 Å². The average Bonchev–Trinajstić information content (AvgIpc) is 3.02. The second-order valence-corrected chi connectivity index (χ2v) is 6.50. The summed E-state index contributed by atoms with van der Waals surface area (Å²) in [5.41, 5.74) is 2.89. The summed E-state index contributed by atoms with van der Waals surface area (Å²) < 4.78 is 12.6. The van der Waals surface area contributed by atoms with Gasteiger partial charge < -0.3 is 19.4 Å². The summed E-state index contributed by atoms with van der Waals surface area (Å²) in [5.74, 6) is 2.25. The first-order valence-corrected chi connectivity index (χ1v) is 8.71. The number of ether oxygens (including phenoxy) is 2. The van der Waals surface area contributed by atoms with Gasteiger partial charge in [0.05, 0.1) is 36.2 Å². The Morgan fingerprint density at radius 1 is 1.04 bits per heavy atom. The molecule has 1 aromatic heterocycles. The van der Waals surface area contributed by atoms with E-state index in [-0.39, 0.29) is 0 Å². The van der Waals surface area contributed by atoms with Gasteiger partial charge in [-0.2, -0.15) is 0 Å². The Kier molecular flexibility index (Phi) is 5.59. The van der Waals surface area contributed by atoms with E-state index in [0.29, 0.717) is 16.6 Å². The number of hydrogen-bond acceptors (Lipinski definition) is 4. The zero-order valence-electron chi connectivity index (χ0n) is 14.7. The monoisotopic (exact) mass is 391 g/mol. The van der Waals surface area contributed by atoms with Gasteiger partial charge in [-0.15, -0.1) is 0 Å². The molecule has 5 nitrogen and oxygen atoms in total. The van der Waals surface area contributed by atoms with Gasteiger partial charge in [-0.3, -0.25) is 0 Å². The van der Waals surface area contributed by atoms with Gasteiger partial charge in [0.1, 0.15) is 11.5 Å². The maximum absolute atomic E-state index is 6.12. The van der Waals surface area contributed by atoms with E-state index >= 15 is 0 Å². The SMILES string of the molecule is COc1ccc(CNc2ncc(-c3ccc(Cl)c(Cl)c3)n2C)c(OC)c1. The molecule has 0 unspecified atom stereocenters. The lowest BCUT2D eigenvalue weighted by molar-refractivity contribution is 0.391. The van der Waals surface area contributed by atoms with Crippen LogP contribution in [0.4, 0.5) is 5.95 Å². The third-order valence-electron chi connectivity index (χ3n) is 4.13. The molecular formula is C19H19Cl2N3O2. The van der Waals surface area contributed by atoms with E-state index in [2.05, 4.69) is 10.3 Å². The molecule has 3 rings (SSSR count). The summed E-state index contributed by atoms with van der Waals surface area (Å²) in [6.07, 6.45) is 1.80. The molecule has 0 radical (unpaired) electrons. The van der Waals surface area contributed by atoms with Gasteiger partial charge >= 0.3 is 0 Å². The first kappa shape index (κ1) is 18.4. The summed E-state index contributed by atoms with van der Waals surface area (Å²) in [5, 5.41) is 4.38. The van der Waals surface area contributed by atoms with Crippen molar-refractivity contribution < 1.29 is 9.47 Å². The number of hydrogen-bond donors (Lipinski definition) is 1. The predicted octanol–water partition coefficient (Wildman–Crippen LogP) is 5.02. The highest BCUT2D eigenvalue weighted by atomic mass is 35.5. The lowest BCUT2D eigenvalue weighted by Crippen LogP contribution is -2.07. The molecule has 0 aliphatic carbocycles. The van der Waals surface area contributed by atoms with Gasteiger partial charge in [-0.05, 0) is 24.3 Å². The van der Waals surface area contributed by atoms with E-state index in [9.17, 15) is 0 Å². The molecule has 0 amide bonds. The first-order valence-electron chi connectivity index (χ1n) is 7.95. The maximum Gasteiger partial charge on any atom is 0.203 e. The Morgan fingerprint density at radius 2 is 1.85 bits per heavy atom. The van der Waals surface area contributed by atoms with Gasteiger partial charge in [-0.25, -0.2) is 4.98 Å². The van der Waals surface area contributed by atoms with Crippen molar-refractivity contribution in [2.75, 3.05) is 19.5 Å². The molecule has 0 aliphatic heterocycles. The van der Waals surface area contributed by atoms with Crippen LogP contribution < -0.4 is 14.8 Å². The van der Waals surface area contributed by atoms with Crippen LogP contribution in [0.3, 0.4) is 0 Å². The second kappa shape index (κ2) is 7.89. The molecular weight excluding hydrogens is 373 g/mol. The predicted molar refractivity (Wildman–Crippen MR) is 106 cm³/mol. The Hall–Kier alpha value is -2.37. The van der Waals surface area contributed by atoms with E-state index in [0.717, 1.165) is 34.3 Å². The number of rotatable bonds is 6. The van der Waals surface area contributed by atoms with Crippen LogP contribution in [0.15, 0.2) is 42.6 Å². The van der Waals surface area contributed by atoms with Crippen molar-refractivity contribution in [2.45, 2.75) is 6.54 Å². The lowest BCUT2D eigenvalue weighted by Gasteiger charge is -2.12. The van der Waals surface area contributed by atoms with Crippen molar-refractivity contribution in [1.29, 1.82) is 0 Å². The summed E-state index contributed by atoms with van der Waals surface area (Å²) >= 11 is 12.1. The van der Waals surface area contributed by atoms with E-state index < -0.39 is 0 Å². The van der Waals surface area contributed by atoms with E-state index in [1.54, 1.807) is 26.5 Å². The number of imidazole rings is 1. The number of aromatic nitrogens is 2. The highest BCUT2D eigenvalue weighted by molar-refractivity contribution is 6.42. The minimum atomic E-state index is 0.517. The second-order valence-electron chi connectivity index (χ2n) is 5.69. The lowest BCUT2D eigenvalue weighted by atomic mass is 10.2. The van der Waals surface area contributed by atoms with Gasteiger partial charge in [-0.1, -0.05) is 29.3 Å². The number of nitrogens with one attached hydrogen (secondary N) is 1. The zero-order chi connectivity index (χ0) is 18.7. The van der Waals surface area contributed by atoms with Crippen LogP contribution in [-0.2, 0) is 13.6 Å². The fourth-order valence-electron chi connectivity index (χ4n) is 2.67. The van der Waals surface area contributed by atoms with Crippen molar-refractivity contribution in [2.24, 2.45) is 7.05 Å². The Morgan fingerprint density at radius 3 is 2.54 bits per heavy atom. The van der Waals surface area contributed by atoms with Crippen molar-refractivity contribution in [1.82, 2.24) is 9.55 Å². The number of anilines is 1. The minimum Gasteiger partial charge on any atom is -0.497 e. The molecule has 0 spiro atoms. The summed E-state index contributed by atoms with van der Waals surface area (Å²) in [6.45, 7) is 0.568. The summed E-state index contributed by atoms with van der Waals surface area (Å²) in [4.78, 5) is 4.46. The molecule has 0 bridgehead atoms. The van der Waals surface area contributed by atoms with E-state index in [1.165, 1.54) is 0 Å². The van der Waals surface area contributed by atoms with Gasteiger partial charge in [0.15, 0.2) is 0 Å². The Labute approximate surface area is 162 Å². The van der Waals surface area contributed by atoms with Crippen LogP contribution in [0.1, 0.15) is 5.56 Å². The standard InChI is InChI=1S/C19H19Cl2N3O2/c1-24-17(12-5-7-15(20)16(21)8-12)11-23-19(24)22-10-13-4-6-14(25-2)9-18(13)26-3/h4-9,11H,10H2,1-3H3,(H,22,23). The fraction of sp³-hybridized carbons (Fsp3) is 0.211. The van der Waals surface area contributed by atoms with Crippen LogP contribution >= 0.6 is 23.2 Å². The number of nitrogens with zero attached hydrogens (tertiary/aromatic N) is 2. The Balaban J connectivity index is 1.80. The molecule has 0 saturated carbocycles. The molecule has 3 aromatic rings. The molecule has 0 atom stereocenters. The van der Waals surface area contributed by atoms with E-state index in [4.69, 9.17) is 32.7 Å². The smallest absolute Gasteiger partial charge is 0.203 e. The highest BCUT2D eigenvalue weighted by Crippen LogP contribution is 2.30. The molecule has 7 heteroatoms. The zero-order valence-corrected chi connectivity index (χ0v) is 16.2. The normalized spacial score (nSPS) is 10.7. The topological polar surface area (TPSA) is 48.3 Å². The number of benzene rings is 2. The van der Waals surface area contributed by atoms with Gasteiger partial charge in [0.25, 0.3) is 0 Å². The third-order valence-corrected chi connectivity index (χ3v) is 4.87. The minimum absolute atomic E-state index is 0.517. The molecule has 26 heavy (non-hydrogen) atoms. The van der Waals surface area contributed by atoms with Crippen LogP contribution in [0, 0.1) is 0 Å². The summed E-state index contributed by atoms with van der Waals surface area (Å²) in [7, 11) is 5.21. The van der Waals surface area contributed by atoms with Crippen LogP contribution in [-0.4, -0.2) is 23.8 Å². The van der Waals surface area contributed by atoms with Crippen LogP contribution in [0.5, 0.6) is 11.5 Å². The van der Waals surface area contributed by atoms with Crippen molar-refractivity contribution in [3.05, 3.63) is 58.2 Å². The molecule has 0 fully saturated rings. The molecule has 1 N–H and O–H groups in total. The molecule has 136 valence electrons. The van der Waals surface area contributed by atoms with Gasteiger partial charge in [0.2, 0.25) is 5.95 Å². The van der Waals surface area contributed by atoms with Crippen LogP contribution in [0.2, 0.25) is 10.0 Å². The highest BCUT2D eigenvalue weighted by Gasteiger charge is 2.11. The van der Waals surface area contributed by atoms with Crippen molar-refractivity contribution >= 4 is 29.2 Å². The molecule has 0 saturated heterocycles. The maximum atomic E-state index is 6.12. The first-order chi connectivity index (χ1) is 12.5. The van der Waals surface area contributed by atoms with Gasteiger partial charge in [0, 0.05) is 30.8 Å². The quantitative estimate of drug-likeness (QED) is 0.640. The number of halogens is 2. The third kappa shape index (κ3) is 3.74. The molecule has 0 aliphatic rings. The fourth-order valence-corrected chi connectivity index (χ4v) is 2.97. The van der Waals surface area contributed by atoms with Crippen LogP contribution in [0.25, 0.3) is 11.3 Å². The average molecular weight is 392 g/mol. The van der Waals surface area contributed by atoms with E-state index in [1.807, 2.05) is 41.9 Å².